The molecular formula is C20H25IN6O2. The number of hydrogen-bond donors (Lipinski definition) is 3. The average Bonchev–Trinajstić information content (AvgIpc) is 3.41. The molecule has 29 heavy (non-hydrogen) atoms. The van der Waals surface area contributed by atoms with Crippen molar-refractivity contribution in [2.24, 2.45) is 4.99 Å². The van der Waals surface area contributed by atoms with Crippen molar-refractivity contribution in [1.82, 2.24) is 25.8 Å². The maximum atomic E-state index is 5.69. The summed E-state index contributed by atoms with van der Waals surface area (Å²) in [5, 5.41) is 13.5. The van der Waals surface area contributed by atoms with Gasteiger partial charge < -0.3 is 19.8 Å². The lowest BCUT2D eigenvalue weighted by molar-refractivity contribution is 0.359. The van der Waals surface area contributed by atoms with Crippen LogP contribution in [0.2, 0.25) is 0 Å². The van der Waals surface area contributed by atoms with Gasteiger partial charge in [-0.2, -0.15) is 0 Å². The van der Waals surface area contributed by atoms with E-state index in [0.29, 0.717) is 43.1 Å². The van der Waals surface area contributed by atoms with E-state index < -0.39 is 0 Å². The number of hydrogen-bond acceptors (Lipinski definition) is 5. The predicted octanol–water partition coefficient (Wildman–Crippen LogP) is 3.50. The predicted molar refractivity (Wildman–Crippen MR) is 123 cm³/mol. The summed E-state index contributed by atoms with van der Waals surface area (Å²) in [5.41, 5.74) is 1.00. The summed E-state index contributed by atoms with van der Waals surface area (Å²) < 4.78 is 11.0. The zero-order chi connectivity index (χ0) is 19.6. The van der Waals surface area contributed by atoms with Crippen LogP contribution >= 0.6 is 24.0 Å². The third-order valence-corrected chi connectivity index (χ3v) is 3.78. The second kappa shape index (κ2) is 11.9. The standard InChI is InChI=1S/C20H24N6O2.HI/c1-3-11-27-16-9-6-5-8-15(16)13-22-20(21-4-2)23-14-18-24-19(26-25-18)17-10-7-12-28-17;/h3,5-10,12H,1,4,11,13-14H2,2H3,(H2,21,22,23)(H,24,25,26);1H. The molecule has 3 aromatic rings. The first kappa shape index (κ1) is 22.5. The van der Waals surface area contributed by atoms with E-state index in [2.05, 4.69) is 37.4 Å². The molecule has 2 heterocycles. The molecule has 0 aliphatic carbocycles. The Morgan fingerprint density at radius 1 is 1.28 bits per heavy atom. The molecule has 0 aliphatic rings. The Labute approximate surface area is 186 Å². The highest BCUT2D eigenvalue weighted by Gasteiger charge is 2.09. The number of furan rings is 1. The number of halogens is 1. The third kappa shape index (κ3) is 6.63. The van der Waals surface area contributed by atoms with Gasteiger partial charge in [0.1, 0.15) is 18.2 Å². The van der Waals surface area contributed by atoms with Crippen LogP contribution in [0.5, 0.6) is 5.75 Å². The van der Waals surface area contributed by atoms with Crippen LogP contribution in [-0.2, 0) is 13.1 Å². The Morgan fingerprint density at radius 3 is 2.90 bits per heavy atom. The number of H-pyrrole nitrogens is 1. The zero-order valence-electron chi connectivity index (χ0n) is 16.2. The highest BCUT2D eigenvalue weighted by atomic mass is 127. The second-order valence-corrected chi connectivity index (χ2v) is 5.84. The highest BCUT2D eigenvalue weighted by molar-refractivity contribution is 14.0. The number of benzene rings is 1. The van der Waals surface area contributed by atoms with E-state index in [1.165, 1.54) is 0 Å². The molecule has 0 atom stereocenters. The summed E-state index contributed by atoms with van der Waals surface area (Å²) in [6, 6.07) is 11.5. The fourth-order valence-corrected chi connectivity index (χ4v) is 2.49. The normalized spacial score (nSPS) is 10.9. The smallest absolute Gasteiger partial charge is 0.216 e. The molecule has 2 aromatic heterocycles. The Hall–Kier alpha value is -2.82. The quantitative estimate of drug-likeness (QED) is 0.177. The Kier molecular flexibility index (Phi) is 9.22. The van der Waals surface area contributed by atoms with Crippen molar-refractivity contribution >= 4 is 29.9 Å². The molecule has 0 radical (unpaired) electrons. The number of nitrogens with zero attached hydrogens (tertiary/aromatic N) is 3. The number of aliphatic imine (C=N–C) groups is 1. The van der Waals surface area contributed by atoms with E-state index in [1.807, 2.05) is 37.3 Å². The van der Waals surface area contributed by atoms with E-state index in [1.54, 1.807) is 18.4 Å². The lowest BCUT2D eigenvalue weighted by Crippen LogP contribution is -2.37. The largest absolute Gasteiger partial charge is 0.489 e. The molecule has 0 spiro atoms. The number of aromatic amines is 1. The van der Waals surface area contributed by atoms with Crippen LogP contribution in [0.25, 0.3) is 11.6 Å². The fraction of sp³-hybridized carbons (Fsp3) is 0.250. The van der Waals surface area contributed by atoms with Crippen LogP contribution < -0.4 is 15.4 Å². The summed E-state index contributed by atoms with van der Waals surface area (Å²) >= 11 is 0. The number of guanidine groups is 1. The van der Waals surface area contributed by atoms with E-state index in [0.717, 1.165) is 17.9 Å². The monoisotopic (exact) mass is 508 g/mol. The van der Waals surface area contributed by atoms with E-state index in [4.69, 9.17) is 9.15 Å². The Bertz CT molecular complexity index is 907. The van der Waals surface area contributed by atoms with Crippen molar-refractivity contribution in [2.45, 2.75) is 20.0 Å². The molecule has 8 nitrogen and oxygen atoms in total. The van der Waals surface area contributed by atoms with Crippen molar-refractivity contribution in [3.8, 4) is 17.3 Å². The van der Waals surface area contributed by atoms with E-state index >= 15 is 0 Å². The first-order valence-corrected chi connectivity index (χ1v) is 9.09. The van der Waals surface area contributed by atoms with Crippen LogP contribution in [0.15, 0.2) is 64.7 Å². The summed E-state index contributed by atoms with van der Waals surface area (Å²) in [4.78, 5) is 9.05. The van der Waals surface area contributed by atoms with Crippen LogP contribution in [-0.4, -0.2) is 34.3 Å². The summed E-state index contributed by atoms with van der Waals surface area (Å²) in [6.07, 6.45) is 3.32. The van der Waals surface area contributed by atoms with Gasteiger partial charge >= 0.3 is 0 Å². The lowest BCUT2D eigenvalue weighted by Gasteiger charge is -2.12. The summed E-state index contributed by atoms with van der Waals surface area (Å²) in [6.45, 7) is 7.84. The number of aromatic nitrogens is 3. The molecule has 3 N–H and O–H groups in total. The number of rotatable bonds is 9. The lowest BCUT2D eigenvalue weighted by atomic mass is 10.2. The first-order chi connectivity index (χ1) is 13.8. The first-order valence-electron chi connectivity index (χ1n) is 9.09. The summed E-state index contributed by atoms with van der Waals surface area (Å²) in [5.74, 6) is 3.32. The second-order valence-electron chi connectivity index (χ2n) is 5.84. The van der Waals surface area contributed by atoms with Gasteiger partial charge in [0.2, 0.25) is 5.82 Å². The van der Waals surface area contributed by atoms with Crippen LogP contribution in [0.4, 0.5) is 0 Å². The topological polar surface area (TPSA) is 100 Å². The van der Waals surface area contributed by atoms with E-state index in [-0.39, 0.29) is 24.0 Å². The number of nitrogens with one attached hydrogen (secondary N) is 3. The van der Waals surface area contributed by atoms with E-state index in [9.17, 15) is 0 Å². The molecule has 0 fully saturated rings. The Morgan fingerprint density at radius 2 is 2.14 bits per heavy atom. The SMILES string of the molecule is C=CCOc1ccccc1CN=C(NCC)NCc1nc(-c2ccco2)n[nH]1.I. The fourth-order valence-electron chi connectivity index (χ4n) is 2.49. The van der Waals surface area contributed by atoms with Crippen LogP contribution in [0.1, 0.15) is 18.3 Å². The number of ether oxygens (including phenoxy) is 1. The highest BCUT2D eigenvalue weighted by Crippen LogP contribution is 2.19. The molecule has 3 rings (SSSR count). The van der Waals surface area contributed by atoms with Gasteiger partial charge in [-0.1, -0.05) is 30.9 Å². The zero-order valence-corrected chi connectivity index (χ0v) is 18.6. The van der Waals surface area contributed by atoms with Gasteiger partial charge in [0.25, 0.3) is 0 Å². The Balaban J connectivity index is 0.00000300. The third-order valence-electron chi connectivity index (χ3n) is 3.78. The van der Waals surface area contributed by atoms with Gasteiger partial charge in [0.05, 0.1) is 19.4 Å². The molecular weight excluding hydrogens is 483 g/mol. The maximum absolute atomic E-state index is 5.69. The van der Waals surface area contributed by atoms with Gasteiger partial charge in [0, 0.05) is 12.1 Å². The molecule has 0 aliphatic heterocycles. The minimum Gasteiger partial charge on any atom is -0.489 e. The molecule has 0 amide bonds. The minimum absolute atomic E-state index is 0. The van der Waals surface area contributed by atoms with Crippen molar-refractivity contribution in [3.05, 3.63) is 66.7 Å². The van der Waals surface area contributed by atoms with Gasteiger partial charge in [-0.15, -0.1) is 29.1 Å². The molecule has 9 heteroatoms. The van der Waals surface area contributed by atoms with Gasteiger partial charge in [0.15, 0.2) is 11.7 Å². The molecule has 0 saturated heterocycles. The molecule has 0 bridgehead atoms. The van der Waals surface area contributed by atoms with Crippen molar-refractivity contribution < 1.29 is 9.15 Å². The average molecular weight is 508 g/mol. The van der Waals surface area contributed by atoms with Crippen LogP contribution in [0.3, 0.4) is 0 Å². The molecule has 0 unspecified atom stereocenters. The number of para-hydroxylation sites is 1. The van der Waals surface area contributed by atoms with Gasteiger partial charge in [-0.25, -0.2) is 9.98 Å². The van der Waals surface area contributed by atoms with Crippen LogP contribution in [0, 0.1) is 0 Å². The molecule has 154 valence electrons. The maximum Gasteiger partial charge on any atom is 0.216 e. The van der Waals surface area contributed by atoms with Gasteiger partial charge in [-0.3, -0.25) is 5.10 Å². The van der Waals surface area contributed by atoms with Crippen molar-refractivity contribution in [1.29, 1.82) is 0 Å². The van der Waals surface area contributed by atoms with Crippen molar-refractivity contribution in [2.75, 3.05) is 13.2 Å². The van der Waals surface area contributed by atoms with Crippen molar-refractivity contribution in [3.63, 3.8) is 0 Å². The minimum atomic E-state index is 0. The summed E-state index contributed by atoms with van der Waals surface area (Å²) in [7, 11) is 0. The molecule has 1 aromatic carbocycles. The molecule has 0 saturated carbocycles. The van der Waals surface area contributed by atoms with Gasteiger partial charge in [-0.05, 0) is 25.1 Å².